The van der Waals surface area contributed by atoms with E-state index in [-0.39, 0.29) is 17.5 Å². The van der Waals surface area contributed by atoms with Gasteiger partial charge in [0.15, 0.2) is 0 Å². The molecule has 4 rings (SSSR count). The van der Waals surface area contributed by atoms with E-state index < -0.39 is 17.6 Å². The van der Waals surface area contributed by atoms with E-state index in [1.165, 1.54) is 0 Å². The van der Waals surface area contributed by atoms with Crippen LogP contribution >= 0.6 is 0 Å². The molecular weight excluding hydrogens is 504 g/mol. The van der Waals surface area contributed by atoms with Crippen molar-refractivity contribution in [2.75, 3.05) is 0 Å². The fourth-order valence-electron chi connectivity index (χ4n) is 4.43. The van der Waals surface area contributed by atoms with Crippen LogP contribution < -0.4 is 5.56 Å². The minimum atomic E-state index is -4.48. The van der Waals surface area contributed by atoms with Crippen LogP contribution in [0.2, 0.25) is 0 Å². The van der Waals surface area contributed by atoms with Crippen molar-refractivity contribution in [1.82, 2.24) is 9.55 Å². The highest BCUT2D eigenvalue weighted by atomic mass is 19.4. The first-order valence-corrected chi connectivity index (χ1v) is 13.1. The van der Waals surface area contributed by atoms with Crippen molar-refractivity contribution in [3.63, 3.8) is 0 Å². The Balaban J connectivity index is 0.000000255. The Morgan fingerprint density at radius 1 is 0.846 bits per heavy atom. The molecule has 0 saturated carbocycles. The zero-order chi connectivity index (χ0) is 28.6. The fraction of sp³-hybridized carbons (Fsp3) is 0.312. The summed E-state index contributed by atoms with van der Waals surface area (Å²) in [4.78, 5) is 17.8. The first-order valence-electron chi connectivity index (χ1n) is 13.1. The molecule has 7 heteroatoms. The molecule has 39 heavy (non-hydrogen) atoms. The lowest BCUT2D eigenvalue weighted by Gasteiger charge is -2.22. The molecule has 0 bridgehead atoms. The van der Waals surface area contributed by atoms with Gasteiger partial charge in [-0.2, -0.15) is 13.2 Å². The maximum absolute atomic E-state index is 13.2. The second-order valence-corrected chi connectivity index (χ2v) is 9.64. The number of rotatable bonds is 7. The van der Waals surface area contributed by atoms with E-state index in [4.69, 9.17) is 0 Å². The molecule has 3 aromatic carbocycles. The van der Waals surface area contributed by atoms with Crippen LogP contribution in [0.4, 0.5) is 17.6 Å². The van der Waals surface area contributed by atoms with E-state index in [1.807, 2.05) is 43.3 Å². The molecule has 1 heterocycles. The molecule has 0 saturated heterocycles. The number of aromatic nitrogens is 2. The number of hydrogen-bond acceptors (Lipinski definition) is 2. The van der Waals surface area contributed by atoms with Crippen molar-refractivity contribution in [1.29, 1.82) is 0 Å². The zero-order valence-electron chi connectivity index (χ0n) is 22.7. The van der Waals surface area contributed by atoms with E-state index in [0.29, 0.717) is 18.1 Å². The van der Waals surface area contributed by atoms with Crippen LogP contribution in [0.5, 0.6) is 0 Å². The Hall–Kier alpha value is -3.74. The van der Waals surface area contributed by atoms with Crippen LogP contribution in [-0.2, 0) is 19.0 Å². The van der Waals surface area contributed by atoms with Gasteiger partial charge in [-0.1, -0.05) is 94.8 Å². The molecule has 3 nitrogen and oxygen atoms in total. The lowest BCUT2D eigenvalue weighted by Crippen LogP contribution is -2.30. The largest absolute Gasteiger partial charge is 0.416 e. The SMILES string of the molecule is CC(C)c1cc(F)cc(C(F)(F)F)c1.CCCc1ncn(C(c2ccccc2)c2ccccc2)c(=O)c1CC. The normalized spacial score (nSPS) is 11.4. The summed E-state index contributed by atoms with van der Waals surface area (Å²) < 4.78 is 51.3. The monoisotopic (exact) mass is 538 g/mol. The van der Waals surface area contributed by atoms with Crippen LogP contribution in [0.3, 0.4) is 0 Å². The van der Waals surface area contributed by atoms with Gasteiger partial charge in [-0.25, -0.2) is 9.37 Å². The third-order valence-corrected chi connectivity index (χ3v) is 6.44. The topological polar surface area (TPSA) is 34.9 Å². The molecule has 0 aliphatic rings. The van der Waals surface area contributed by atoms with Crippen LogP contribution in [-0.4, -0.2) is 9.55 Å². The van der Waals surface area contributed by atoms with E-state index in [9.17, 15) is 22.4 Å². The average Bonchev–Trinajstić information content (AvgIpc) is 2.91. The van der Waals surface area contributed by atoms with Gasteiger partial charge in [0, 0.05) is 5.56 Å². The van der Waals surface area contributed by atoms with Gasteiger partial charge in [0.1, 0.15) is 5.82 Å². The maximum atomic E-state index is 13.2. The first kappa shape index (κ1) is 29.8. The lowest BCUT2D eigenvalue weighted by atomic mass is 9.98. The van der Waals surface area contributed by atoms with Gasteiger partial charge in [0.25, 0.3) is 5.56 Å². The van der Waals surface area contributed by atoms with Crippen LogP contribution in [0.25, 0.3) is 0 Å². The molecule has 0 aliphatic heterocycles. The minimum Gasteiger partial charge on any atom is -0.287 e. The quantitative estimate of drug-likeness (QED) is 0.222. The van der Waals surface area contributed by atoms with Crippen LogP contribution in [0, 0.1) is 5.82 Å². The molecule has 0 spiro atoms. The summed E-state index contributed by atoms with van der Waals surface area (Å²) in [7, 11) is 0. The van der Waals surface area contributed by atoms with Crippen molar-refractivity contribution < 1.29 is 17.6 Å². The predicted molar refractivity (Wildman–Crippen MR) is 147 cm³/mol. The third-order valence-electron chi connectivity index (χ3n) is 6.44. The maximum Gasteiger partial charge on any atom is 0.416 e. The summed E-state index contributed by atoms with van der Waals surface area (Å²) in [5.41, 5.74) is 3.44. The van der Waals surface area contributed by atoms with E-state index in [0.717, 1.165) is 47.4 Å². The summed E-state index contributed by atoms with van der Waals surface area (Å²) in [6.07, 6.45) is -0.216. The molecule has 0 unspecified atom stereocenters. The van der Waals surface area contributed by atoms with Gasteiger partial charge in [0.05, 0.1) is 23.6 Å². The number of benzene rings is 3. The van der Waals surface area contributed by atoms with Crippen molar-refractivity contribution >= 4 is 0 Å². The summed E-state index contributed by atoms with van der Waals surface area (Å²) in [5.74, 6) is -0.963. The minimum absolute atomic E-state index is 0.0682. The summed E-state index contributed by atoms with van der Waals surface area (Å²) in [6.45, 7) is 7.58. The summed E-state index contributed by atoms with van der Waals surface area (Å²) in [6, 6.07) is 22.7. The van der Waals surface area contributed by atoms with Gasteiger partial charge in [0.2, 0.25) is 0 Å². The third kappa shape index (κ3) is 7.65. The molecule has 1 aromatic heterocycles. The second-order valence-electron chi connectivity index (χ2n) is 9.64. The fourth-order valence-corrected chi connectivity index (χ4v) is 4.43. The molecule has 0 aliphatic carbocycles. The Bertz CT molecular complexity index is 1360. The molecule has 4 aromatic rings. The number of halogens is 4. The predicted octanol–water partition coefficient (Wildman–Crippen LogP) is 8.36. The Morgan fingerprint density at radius 2 is 1.41 bits per heavy atom. The molecule has 206 valence electrons. The van der Waals surface area contributed by atoms with Crippen molar-refractivity contribution in [3.05, 3.63) is 135 Å². The number of hydrogen-bond donors (Lipinski definition) is 0. The highest BCUT2D eigenvalue weighted by Gasteiger charge is 2.31. The average molecular weight is 539 g/mol. The Morgan fingerprint density at radius 3 is 1.87 bits per heavy atom. The molecule has 0 radical (unpaired) electrons. The Labute approximate surface area is 227 Å². The molecular formula is C32H34F4N2O. The smallest absolute Gasteiger partial charge is 0.287 e. The first-order chi connectivity index (χ1) is 18.6. The standard InChI is InChI=1S/C22H24N2O.C10H10F4/c1-3-11-20-19(4-2)22(25)24(16-23-20)21(17-12-7-5-8-13-17)18-14-9-6-10-15-18;1-6(2)7-3-8(10(12,13)14)5-9(11)4-7/h5-10,12-16,21H,3-4,11H2,1-2H3;3-6H,1-2H3. The summed E-state index contributed by atoms with van der Waals surface area (Å²) in [5, 5.41) is 0. The zero-order valence-corrected chi connectivity index (χ0v) is 22.7. The van der Waals surface area contributed by atoms with E-state index in [1.54, 1.807) is 24.7 Å². The van der Waals surface area contributed by atoms with E-state index in [2.05, 4.69) is 36.2 Å². The van der Waals surface area contributed by atoms with Crippen molar-refractivity contribution in [3.8, 4) is 0 Å². The number of aryl methyl sites for hydroxylation is 1. The van der Waals surface area contributed by atoms with Crippen LogP contribution in [0.1, 0.15) is 79.6 Å². The number of nitrogens with zero attached hydrogens (tertiary/aromatic N) is 2. The van der Waals surface area contributed by atoms with Gasteiger partial charge in [-0.3, -0.25) is 9.36 Å². The van der Waals surface area contributed by atoms with Gasteiger partial charge in [-0.05, 0) is 53.6 Å². The molecule has 0 fully saturated rings. The molecule has 0 amide bonds. The number of alkyl halides is 3. The van der Waals surface area contributed by atoms with Gasteiger partial charge >= 0.3 is 6.18 Å². The lowest BCUT2D eigenvalue weighted by molar-refractivity contribution is -0.137. The van der Waals surface area contributed by atoms with Gasteiger partial charge in [-0.15, -0.1) is 0 Å². The van der Waals surface area contributed by atoms with Crippen LogP contribution in [0.15, 0.2) is 90.0 Å². The van der Waals surface area contributed by atoms with E-state index >= 15 is 0 Å². The molecule has 0 N–H and O–H groups in total. The van der Waals surface area contributed by atoms with Crippen molar-refractivity contribution in [2.24, 2.45) is 0 Å². The highest BCUT2D eigenvalue weighted by Crippen LogP contribution is 2.32. The van der Waals surface area contributed by atoms with Crippen molar-refractivity contribution in [2.45, 2.75) is 65.1 Å². The summed E-state index contributed by atoms with van der Waals surface area (Å²) >= 11 is 0. The second kappa shape index (κ2) is 13.4. The highest BCUT2D eigenvalue weighted by molar-refractivity contribution is 5.33. The molecule has 0 atom stereocenters. The Kier molecular flexibility index (Phi) is 10.2. The van der Waals surface area contributed by atoms with Gasteiger partial charge < -0.3 is 0 Å².